The minimum atomic E-state index is -0.157. The summed E-state index contributed by atoms with van der Waals surface area (Å²) in [6, 6.07) is 21.4. The standard InChI is InChI=1S/C24H23ClN2O2/c1-16-15-20(29-2)11-12-22(16)26-24(28)27-14-13-17-5-3-4-6-21(17)23(27)18-7-9-19(25)10-8-18/h3-12,15,23H,13-14H2,1-2H3,(H,26,28). The zero-order valence-corrected chi connectivity index (χ0v) is 17.2. The van der Waals surface area contributed by atoms with E-state index >= 15 is 0 Å². The molecule has 3 aromatic rings. The number of nitrogens with zero attached hydrogens (tertiary/aromatic N) is 1. The summed E-state index contributed by atoms with van der Waals surface area (Å²) in [7, 11) is 1.63. The first kappa shape index (κ1) is 19.3. The predicted molar refractivity (Wildman–Crippen MR) is 117 cm³/mol. The predicted octanol–water partition coefficient (Wildman–Crippen LogP) is 5.84. The molecule has 1 aliphatic heterocycles. The Bertz CT molecular complexity index is 1030. The maximum Gasteiger partial charge on any atom is 0.322 e. The molecule has 0 radical (unpaired) electrons. The van der Waals surface area contributed by atoms with Gasteiger partial charge >= 0.3 is 6.03 Å². The van der Waals surface area contributed by atoms with Gasteiger partial charge < -0.3 is 15.0 Å². The number of hydrogen-bond donors (Lipinski definition) is 1. The molecule has 4 nitrogen and oxygen atoms in total. The second kappa shape index (κ2) is 8.18. The average Bonchev–Trinajstić information content (AvgIpc) is 2.75. The van der Waals surface area contributed by atoms with Crippen LogP contribution in [0.25, 0.3) is 0 Å². The minimum Gasteiger partial charge on any atom is -0.497 e. The number of ether oxygens (including phenoxy) is 1. The first-order valence-electron chi connectivity index (χ1n) is 9.62. The molecular formula is C24H23ClN2O2. The summed E-state index contributed by atoms with van der Waals surface area (Å²) in [6.45, 7) is 2.60. The van der Waals surface area contributed by atoms with Gasteiger partial charge in [0.25, 0.3) is 0 Å². The van der Waals surface area contributed by atoms with Gasteiger partial charge in [-0.25, -0.2) is 4.79 Å². The van der Waals surface area contributed by atoms with Gasteiger partial charge in [0.15, 0.2) is 0 Å². The highest BCUT2D eigenvalue weighted by atomic mass is 35.5. The SMILES string of the molecule is COc1ccc(NC(=O)N2CCc3ccccc3C2c2ccc(Cl)cc2)c(C)c1. The van der Waals surface area contributed by atoms with Gasteiger partial charge in [0.2, 0.25) is 0 Å². The highest BCUT2D eigenvalue weighted by Gasteiger charge is 2.32. The Morgan fingerprint density at radius 3 is 2.59 bits per heavy atom. The van der Waals surface area contributed by atoms with Crippen LogP contribution < -0.4 is 10.1 Å². The number of amides is 2. The fourth-order valence-corrected chi connectivity index (χ4v) is 4.01. The second-order valence-electron chi connectivity index (χ2n) is 7.21. The maximum absolute atomic E-state index is 13.3. The molecule has 1 heterocycles. The van der Waals surface area contributed by atoms with E-state index in [9.17, 15) is 4.79 Å². The van der Waals surface area contributed by atoms with Crippen LogP contribution >= 0.6 is 11.6 Å². The van der Waals surface area contributed by atoms with E-state index in [2.05, 4.69) is 17.4 Å². The average molecular weight is 407 g/mol. The van der Waals surface area contributed by atoms with Crippen LogP contribution in [-0.2, 0) is 6.42 Å². The van der Waals surface area contributed by atoms with Crippen molar-refractivity contribution in [3.8, 4) is 5.75 Å². The van der Waals surface area contributed by atoms with Gasteiger partial charge in [0.05, 0.1) is 13.2 Å². The van der Waals surface area contributed by atoms with Gasteiger partial charge in [-0.3, -0.25) is 0 Å². The van der Waals surface area contributed by atoms with E-state index < -0.39 is 0 Å². The van der Waals surface area contributed by atoms with Crippen LogP contribution in [0.4, 0.5) is 10.5 Å². The molecule has 148 valence electrons. The lowest BCUT2D eigenvalue weighted by Gasteiger charge is -2.37. The van der Waals surface area contributed by atoms with Gasteiger partial charge in [-0.1, -0.05) is 48.0 Å². The molecule has 29 heavy (non-hydrogen) atoms. The quantitative estimate of drug-likeness (QED) is 0.593. The summed E-state index contributed by atoms with van der Waals surface area (Å²) in [5.74, 6) is 0.770. The highest BCUT2D eigenvalue weighted by molar-refractivity contribution is 6.30. The van der Waals surface area contributed by atoms with Crippen molar-refractivity contribution in [3.05, 3.63) is 94.0 Å². The molecule has 1 atom stereocenters. The van der Waals surface area contributed by atoms with Crippen molar-refractivity contribution in [3.63, 3.8) is 0 Å². The fourth-order valence-electron chi connectivity index (χ4n) is 3.88. The summed E-state index contributed by atoms with van der Waals surface area (Å²) >= 11 is 6.10. The first-order chi connectivity index (χ1) is 14.1. The van der Waals surface area contributed by atoms with E-state index in [4.69, 9.17) is 16.3 Å². The van der Waals surface area contributed by atoms with E-state index in [1.54, 1.807) is 7.11 Å². The summed E-state index contributed by atoms with van der Waals surface area (Å²) in [4.78, 5) is 15.2. The van der Waals surface area contributed by atoms with Crippen molar-refractivity contribution in [1.29, 1.82) is 0 Å². The summed E-state index contributed by atoms with van der Waals surface area (Å²) < 4.78 is 5.26. The molecule has 3 aromatic carbocycles. The molecule has 0 bridgehead atoms. The molecule has 0 saturated heterocycles. The number of aryl methyl sites for hydroxylation is 1. The molecule has 0 fully saturated rings. The molecule has 0 spiro atoms. The maximum atomic E-state index is 13.3. The lowest BCUT2D eigenvalue weighted by Crippen LogP contribution is -2.43. The minimum absolute atomic E-state index is 0.118. The van der Waals surface area contributed by atoms with Crippen LogP contribution in [0, 0.1) is 6.92 Å². The van der Waals surface area contributed by atoms with Crippen LogP contribution in [0.2, 0.25) is 5.02 Å². The summed E-state index contributed by atoms with van der Waals surface area (Å²) in [5, 5.41) is 3.76. The van der Waals surface area contributed by atoms with Crippen molar-refractivity contribution >= 4 is 23.3 Å². The van der Waals surface area contributed by atoms with E-state index in [1.165, 1.54) is 5.56 Å². The Morgan fingerprint density at radius 2 is 1.86 bits per heavy atom. The molecule has 0 saturated carbocycles. The van der Waals surface area contributed by atoms with E-state index in [-0.39, 0.29) is 12.1 Å². The van der Waals surface area contributed by atoms with Crippen LogP contribution in [0.15, 0.2) is 66.7 Å². The van der Waals surface area contributed by atoms with Gasteiger partial charge in [0.1, 0.15) is 5.75 Å². The Balaban J connectivity index is 1.67. The number of halogens is 1. The number of methoxy groups -OCH3 is 1. The third-order valence-electron chi connectivity index (χ3n) is 5.41. The summed E-state index contributed by atoms with van der Waals surface area (Å²) in [6.07, 6.45) is 0.829. The summed E-state index contributed by atoms with van der Waals surface area (Å²) in [5.41, 5.74) is 5.21. The number of benzene rings is 3. The second-order valence-corrected chi connectivity index (χ2v) is 7.64. The smallest absolute Gasteiger partial charge is 0.322 e. The van der Waals surface area contributed by atoms with Crippen LogP contribution in [0.3, 0.4) is 0 Å². The number of anilines is 1. The Morgan fingerprint density at radius 1 is 1.10 bits per heavy atom. The molecule has 1 aliphatic rings. The Hall–Kier alpha value is -2.98. The Kier molecular flexibility index (Phi) is 5.45. The Labute approximate surface area is 176 Å². The molecule has 4 rings (SSSR count). The third-order valence-corrected chi connectivity index (χ3v) is 5.66. The number of hydrogen-bond acceptors (Lipinski definition) is 2. The normalized spacial score (nSPS) is 15.6. The molecule has 2 amide bonds. The number of urea groups is 1. The molecule has 5 heteroatoms. The van der Waals surface area contributed by atoms with Gasteiger partial charge in [-0.05, 0) is 65.9 Å². The number of carbonyl (C=O) groups excluding carboxylic acids is 1. The number of fused-ring (bicyclic) bond motifs is 1. The lowest BCUT2D eigenvalue weighted by atomic mass is 9.88. The monoisotopic (exact) mass is 406 g/mol. The lowest BCUT2D eigenvalue weighted by molar-refractivity contribution is 0.194. The van der Waals surface area contributed by atoms with Crippen molar-refractivity contribution in [2.45, 2.75) is 19.4 Å². The highest BCUT2D eigenvalue weighted by Crippen LogP contribution is 2.36. The van der Waals surface area contributed by atoms with E-state index in [0.717, 1.165) is 34.5 Å². The topological polar surface area (TPSA) is 41.6 Å². The number of rotatable bonds is 3. The van der Waals surface area contributed by atoms with Crippen LogP contribution in [-0.4, -0.2) is 24.6 Å². The first-order valence-corrected chi connectivity index (χ1v) is 10.00. The van der Waals surface area contributed by atoms with Gasteiger partial charge in [0, 0.05) is 17.3 Å². The zero-order valence-electron chi connectivity index (χ0n) is 16.5. The van der Waals surface area contributed by atoms with Gasteiger partial charge in [-0.15, -0.1) is 0 Å². The molecule has 1 unspecified atom stereocenters. The van der Waals surface area contributed by atoms with E-state index in [1.807, 2.05) is 66.4 Å². The van der Waals surface area contributed by atoms with Gasteiger partial charge in [-0.2, -0.15) is 0 Å². The number of carbonyl (C=O) groups is 1. The zero-order chi connectivity index (χ0) is 20.4. The largest absolute Gasteiger partial charge is 0.497 e. The van der Waals surface area contributed by atoms with Crippen molar-refractivity contribution in [1.82, 2.24) is 4.90 Å². The van der Waals surface area contributed by atoms with E-state index in [0.29, 0.717) is 11.6 Å². The molecule has 0 aromatic heterocycles. The van der Waals surface area contributed by atoms with Crippen molar-refractivity contribution in [2.24, 2.45) is 0 Å². The molecule has 0 aliphatic carbocycles. The van der Waals surface area contributed by atoms with Crippen molar-refractivity contribution in [2.75, 3.05) is 19.0 Å². The van der Waals surface area contributed by atoms with Crippen molar-refractivity contribution < 1.29 is 9.53 Å². The molecule has 1 N–H and O–H groups in total. The molecular weight excluding hydrogens is 384 g/mol. The van der Waals surface area contributed by atoms with Crippen LogP contribution in [0.1, 0.15) is 28.3 Å². The third kappa shape index (κ3) is 3.94. The fraction of sp³-hybridized carbons (Fsp3) is 0.208. The van der Waals surface area contributed by atoms with Crippen LogP contribution in [0.5, 0.6) is 5.75 Å². The number of nitrogens with one attached hydrogen (secondary N) is 1.